The third-order valence-corrected chi connectivity index (χ3v) is 6.15. The predicted octanol–water partition coefficient (Wildman–Crippen LogP) is 5.21. The van der Waals surface area contributed by atoms with E-state index in [9.17, 15) is 4.79 Å². The third kappa shape index (κ3) is 2.72. The molecular formula is C23H17N3OS. The molecule has 0 atom stereocenters. The van der Waals surface area contributed by atoms with Crippen LogP contribution in [-0.2, 0) is 6.42 Å². The number of hydrogen-bond acceptors (Lipinski definition) is 4. The van der Waals surface area contributed by atoms with Crippen LogP contribution in [0, 0.1) is 0 Å². The largest absolute Gasteiger partial charge is 0.282 e. The van der Waals surface area contributed by atoms with Gasteiger partial charge in [0.2, 0.25) is 0 Å². The molecule has 0 fully saturated rings. The molecule has 0 bridgehead atoms. The van der Waals surface area contributed by atoms with Crippen LogP contribution in [0.25, 0.3) is 31.8 Å². The molecule has 28 heavy (non-hydrogen) atoms. The van der Waals surface area contributed by atoms with Crippen LogP contribution in [0.2, 0.25) is 0 Å². The van der Waals surface area contributed by atoms with Gasteiger partial charge >= 0.3 is 0 Å². The van der Waals surface area contributed by atoms with E-state index in [0.717, 1.165) is 43.2 Å². The second kappa shape index (κ2) is 6.69. The van der Waals surface area contributed by atoms with Crippen molar-refractivity contribution in [2.75, 3.05) is 0 Å². The van der Waals surface area contributed by atoms with Crippen molar-refractivity contribution in [3.05, 3.63) is 87.8 Å². The summed E-state index contributed by atoms with van der Waals surface area (Å²) in [5, 5.41) is 9.62. The minimum atomic E-state index is -0.137. The lowest BCUT2D eigenvalue weighted by Gasteiger charge is -2.08. The normalized spacial score (nSPS) is 11.9. The van der Waals surface area contributed by atoms with E-state index in [1.165, 1.54) is 11.0 Å². The van der Waals surface area contributed by atoms with E-state index in [0.29, 0.717) is 5.39 Å². The molecule has 3 aromatic carbocycles. The number of fused-ring (bicyclic) bond motifs is 3. The van der Waals surface area contributed by atoms with Crippen molar-refractivity contribution in [3.8, 4) is 0 Å². The number of thiophene rings is 1. The zero-order valence-corrected chi connectivity index (χ0v) is 16.1. The van der Waals surface area contributed by atoms with E-state index in [2.05, 4.69) is 47.3 Å². The second-order valence-electron chi connectivity index (χ2n) is 6.66. The van der Waals surface area contributed by atoms with Gasteiger partial charge in [-0.15, -0.1) is 11.3 Å². The van der Waals surface area contributed by atoms with Crippen LogP contribution >= 0.6 is 11.3 Å². The van der Waals surface area contributed by atoms with Gasteiger partial charge < -0.3 is 0 Å². The van der Waals surface area contributed by atoms with Gasteiger partial charge in [-0.1, -0.05) is 55.5 Å². The van der Waals surface area contributed by atoms with Crippen LogP contribution < -0.4 is 5.56 Å². The van der Waals surface area contributed by atoms with E-state index in [4.69, 9.17) is 0 Å². The maximum atomic E-state index is 12.8. The monoisotopic (exact) mass is 383 g/mol. The maximum absolute atomic E-state index is 12.8. The Morgan fingerprint density at radius 2 is 1.68 bits per heavy atom. The fourth-order valence-corrected chi connectivity index (χ4v) is 4.45. The molecule has 136 valence electrons. The van der Waals surface area contributed by atoms with Crippen LogP contribution in [0.1, 0.15) is 17.4 Å². The van der Waals surface area contributed by atoms with Gasteiger partial charge in [0.05, 0.1) is 11.6 Å². The van der Waals surface area contributed by atoms with Crippen molar-refractivity contribution in [1.82, 2.24) is 9.66 Å². The quantitative estimate of drug-likeness (QED) is 0.317. The Morgan fingerprint density at radius 1 is 1.00 bits per heavy atom. The zero-order chi connectivity index (χ0) is 19.1. The summed E-state index contributed by atoms with van der Waals surface area (Å²) in [6.45, 7) is 2.08. The smallest absolute Gasteiger partial charge is 0.267 e. The van der Waals surface area contributed by atoms with Crippen LogP contribution in [0.3, 0.4) is 0 Å². The number of aryl methyl sites for hydroxylation is 1. The molecule has 0 radical (unpaired) electrons. The highest BCUT2D eigenvalue weighted by Crippen LogP contribution is 2.27. The topological polar surface area (TPSA) is 47.2 Å². The van der Waals surface area contributed by atoms with Gasteiger partial charge in [-0.3, -0.25) is 4.79 Å². The summed E-state index contributed by atoms with van der Waals surface area (Å²) in [6.07, 6.45) is 4.17. The fraction of sp³-hybridized carbons (Fsp3) is 0.0870. The van der Waals surface area contributed by atoms with Crippen molar-refractivity contribution in [2.45, 2.75) is 13.3 Å². The highest BCUT2D eigenvalue weighted by atomic mass is 32.1. The van der Waals surface area contributed by atoms with Gasteiger partial charge in [0.25, 0.3) is 5.56 Å². The van der Waals surface area contributed by atoms with Crippen molar-refractivity contribution in [1.29, 1.82) is 0 Å². The minimum absolute atomic E-state index is 0.137. The molecule has 0 N–H and O–H groups in total. The summed E-state index contributed by atoms with van der Waals surface area (Å²) >= 11 is 1.56. The molecule has 2 aromatic heterocycles. The van der Waals surface area contributed by atoms with Crippen LogP contribution in [0.15, 0.2) is 76.9 Å². The summed E-state index contributed by atoms with van der Waals surface area (Å²) in [7, 11) is 0. The number of benzene rings is 3. The lowest BCUT2D eigenvalue weighted by molar-refractivity contribution is 0.819. The van der Waals surface area contributed by atoms with E-state index in [1.807, 2.05) is 30.3 Å². The molecule has 0 spiro atoms. The Hall–Kier alpha value is -3.31. The average molecular weight is 383 g/mol. The van der Waals surface area contributed by atoms with Gasteiger partial charge in [0, 0.05) is 10.4 Å². The lowest BCUT2D eigenvalue weighted by atomic mass is 9.97. The fourth-order valence-electron chi connectivity index (χ4n) is 3.53. The second-order valence-corrected chi connectivity index (χ2v) is 7.77. The molecule has 0 unspecified atom stereocenters. The Labute approximate surface area is 165 Å². The molecule has 5 rings (SSSR count). The Kier molecular flexibility index (Phi) is 4.02. The molecule has 0 amide bonds. The van der Waals surface area contributed by atoms with E-state index < -0.39 is 0 Å². The summed E-state index contributed by atoms with van der Waals surface area (Å²) < 4.78 is 1.32. The Morgan fingerprint density at radius 3 is 2.36 bits per heavy atom. The van der Waals surface area contributed by atoms with Gasteiger partial charge in [-0.2, -0.15) is 9.78 Å². The van der Waals surface area contributed by atoms with Gasteiger partial charge in [-0.25, -0.2) is 4.98 Å². The first kappa shape index (κ1) is 16.8. The Balaban J connectivity index is 1.71. The first-order valence-corrected chi connectivity index (χ1v) is 10.0. The average Bonchev–Trinajstić information content (AvgIpc) is 3.17. The van der Waals surface area contributed by atoms with Gasteiger partial charge in [-0.05, 0) is 40.1 Å². The van der Waals surface area contributed by atoms with E-state index in [1.54, 1.807) is 17.6 Å². The number of nitrogens with zero attached hydrogens (tertiary/aromatic N) is 3. The maximum Gasteiger partial charge on any atom is 0.282 e. The summed E-state index contributed by atoms with van der Waals surface area (Å²) in [5.74, 6) is 0. The standard InChI is InChI=1S/C23H17N3OS/c1-2-17-12-20-22(28-17)24-14-26(23(20)27)25-13-21-18-9-5-3-7-15(18)11-16-8-4-6-10-19(16)21/h3-14H,2H2,1H3. The first-order chi connectivity index (χ1) is 13.7. The first-order valence-electron chi connectivity index (χ1n) is 9.19. The predicted molar refractivity (Wildman–Crippen MR) is 118 cm³/mol. The lowest BCUT2D eigenvalue weighted by Crippen LogP contribution is -2.16. The van der Waals surface area contributed by atoms with Crippen molar-refractivity contribution in [3.63, 3.8) is 0 Å². The molecule has 5 heteroatoms. The minimum Gasteiger partial charge on any atom is -0.267 e. The van der Waals surface area contributed by atoms with Crippen molar-refractivity contribution < 1.29 is 0 Å². The van der Waals surface area contributed by atoms with Crippen LogP contribution in [0.4, 0.5) is 0 Å². The summed E-state index contributed by atoms with van der Waals surface area (Å²) in [4.78, 5) is 19.2. The van der Waals surface area contributed by atoms with Crippen molar-refractivity contribution in [2.24, 2.45) is 5.10 Å². The summed E-state index contributed by atoms with van der Waals surface area (Å²) in [6, 6.07) is 20.6. The van der Waals surface area contributed by atoms with Crippen LogP contribution in [-0.4, -0.2) is 15.9 Å². The van der Waals surface area contributed by atoms with Gasteiger partial charge in [0.1, 0.15) is 11.2 Å². The number of rotatable bonds is 3. The van der Waals surface area contributed by atoms with E-state index in [-0.39, 0.29) is 5.56 Å². The molecule has 0 saturated heterocycles. The van der Waals surface area contributed by atoms with Crippen molar-refractivity contribution >= 4 is 49.3 Å². The molecule has 0 aliphatic carbocycles. The molecular weight excluding hydrogens is 366 g/mol. The zero-order valence-electron chi connectivity index (χ0n) is 15.3. The highest BCUT2D eigenvalue weighted by Gasteiger charge is 2.09. The molecule has 0 aliphatic rings. The third-order valence-electron chi connectivity index (χ3n) is 4.96. The van der Waals surface area contributed by atoms with Crippen LogP contribution in [0.5, 0.6) is 0 Å². The number of aromatic nitrogens is 2. The highest BCUT2D eigenvalue weighted by molar-refractivity contribution is 7.18. The molecule has 4 nitrogen and oxygen atoms in total. The van der Waals surface area contributed by atoms with E-state index >= 15 is 0 Å². The number of hydrogen-bond donors (Lipinski definition) is 0. The SMILES string of the molecule is CCc1cc2c(=O)n(N=Cc3c4ccccc4cc4ccccc34)cnc2s1. The molecule has 0 saturated carbocycles. The summed E-state index contributed by atoms with van der Waals surface area (Å²) in [5.41, 5.74) is 0.863. The Bertz CT molecular complexity index is 1370. The molecule has 5 aromatic rings. The molecule has 0 aliphatic heterocycles. The molecule has 2 heterocycles. The van der Waals surface area contributed by atoms with Gasteiger partial charge in [0.15, 0.2) is 0 Å².